The number of aryl methyl sites for hydroxylation is 2. The highest BCUT2D eigenvalue weighted by atomic mass is 79.9. The zero-order valence-corrected chi connectivity index (χ0v) is 11.8. The van der Waals surface area contributed by atoms with Crippen LogP contribution in [0.5, 0.6) is 0 Å². The smallest absolute Gasteiger partial charge is 0.142 e. The van der Waals surface area contributed by atoms with Gasteiger partial charge in [-0.15, -0.1) is 0 Å². The van der Waals surface area contributed by atoms with E-state index in [4.69, 9.17) is 5.73 Å². The molecule has 1 aromatic carbocycles. The molecule has 1 aromatic heterocycles. The molecular weight excluding hydrogens is 295 g/mol. The van der Waals surface area contributed by atoms with Crippen molar-refractivity contribution in [2.24, 2.45) is 5.73 Å². The Hall–Kier alpha value is -1.26. The number of pyridine rings is 1. The number of hydrogen-bond acceptors (Lipinski definition) is 2. The first-order chi connectivity index (χ1) is 8.50. The fourth-order valence-electron chi connectivity index (χ4n) is 1.96. The van der Waals surface area contributed by atoms with Crippen molar-refractivity contribution in [1.29, 1.82) is 0 Å². The molecule has 0 aliphatic rings. The van der Waals surface area contributed by atoms with Gasteiger partial charge in [-0.25, -0.2) is 4.39 Å². The molecule has 0 aliphatic carbocycles. The van der Waals surface area contributed by atoms with E-state index in [-0.39, 0.29) is 5.82 Å². The number of halogens is 2. The van der Waals surface area contributed by atoms with E-state index in [1.807, 2.05) is 19.9 Å². The van der Waals surface area contributed by atoms with Crippen molar-refractivity contribution in [3.05, 3.63) is 63.1 Å². The van der Waals surface area contributed by atoms with Crippen LogP contribution in [0.25, 0.3) is 0 Å². The second kappa shape index (κ2) is 5.16. The fourth-order valence-corrected chi connectivity index (χ4v) is 2.34. The molecule has 2 aromatic rings. The number of hydrogen-bond donors (Lipinski definition) is 1. The van der Waals surface area contributed by atoms with E-state index in [9.17, 15) is 4.39 Å². The monoisotopic (exact) mass is 308 g/mol. The lowest BCUT2D eigenvalue weighted by molar-refractivity contribution is 0.590. The van der Waals surface area contributed by atoms with Gasteiger partial charge in [0.15, 0.2) is 0 Å². The number of nitrogens with zero attached hydrogens (tertiary/aromatic N) is 1. The Labute approximate surface area is 114 Å². The molecule has 0 fully saturated rings. The van der Waals surface area contributed by atoms with E-state index < -0.39 is 6.04 Å². The van der Waals surface area contributed by atoms with Crippen molar-refractivity contribution in [3.8, 4) is 0 Å². The van der Waals surface area contributed by atoms with Crippen LogP contribution in [0.2, 0.25) is 0 Å². The Bertz CT molecular complexity index is 584. The molecule has 2 N–H and O–H groups in total. The third kappa shape index (κ3) is 2.44. The van der Waals surface area contributed by atoms with Crippen LogP contribution in [-0.2, 0) is 0 Å². The van der Waals surface area contributed by atoms with Crippen molar-refractivity contribution in [1.82, 2.24) is 4.98 Å². The van der Waals surface area contributed by atoms with Gasteiger partial charge in [0.25, 0.3) is 0 Å². The molecule has 4 heteroatoms. The van der Waals surface area contributed by atoms with Gasteiger partial charge in [-0.2, -0.15) is 0 Å². The summed E-state index contributed by atoms with van der Waals surface area (Å²) >= 11 is 3.17. The van der Waals surface area contributed by atoms with Crippen LogP contribution in [0.1, 0.15) is 28.4 Å². The fraction of sp³-hybridized carbons (Fsp3) is 0.214. The molecule has 0 bridgehead atoms. The lowest BCUT2D eigenvalue weighted by Crippen LogP contribution is -2.16. The van der Waals surface area contributed by atoms with E-state index >= 15 is 0 Å². The summed E-state index contributed by atoms with van der Waals surface area (Å²) in [5.74, 6) is -0.327. The molecule has 1 heterocycles. The Morgan fingerprint density at radius 2 is 2.06 bits per heavy atom. The van der Waals surface area contributed by atoms with Crippen molar-refractivity contribution in [2.75, 3.05) is 0 Å². The molecular formula is C14H14BrFN2. The summed E-state index contributed by atoms with van der Waals surface area (Å²) < 4.78 is 14.4. The van der Waals surface area contributed by atoms with Crippen LogP contribution in [0, 0.1) is 19.7 Å². The highest BCUT2D eigenvalue weighted by Gasteiger charge is 2.18. The third-order valence-electron chi connectivity index (χ3n) is 2.87. The maximum absolute atomic E-state index is 14.0. The molecule has 1 unspecified atom stereocenters. The minimum Gasteiger partial charge on any atom is -0.319 e. The summed E-state index contributed by atoms with van der Waals surface area (Å²) in [6, 6.07) is 6.56. The standard InChI is InChI=1S/C14H14BrFN2/c1-8-6-9(2)14(18-7-8)13(17)10-4-3-5-11(15)12(10)16/h3-7,13H,17H2,1-2H3. The van der Waals surface area contributed by atoms with E-state index in [0.717, 1.165) is 11.1 Å². The average Bonchev–Trinajstić information content (AvgIpc) is 2.32. The Morgan fingerprint density at radius 3 is 2.72 bits per heavy atom. The summed E-state index contributed by atoms with van der Waals surface area (Å²) in [7, 11) is 0. The number of nitrogens with two attached hydrogens (primary N) is 1. The Kier molecular flexibility index (Phi) is 3.78. The second-order valence-electron chi connectivity index (χ2n) is 4.34. The maximum Gasteiger partial charge on any atom is 0.142 e. The Balaban J connectivity index is 2.48. The minimum atomic E-state index is -0.553. The van der Waals surface area contributed by atoms with E-state index in [0.29, 0.717) is 15.7 Å². The lowest BCUT2D eigenvalue weighted by Gasteiger charge is -2.15. The minimum absolute atomic E-state index is 0.327. The number of rotatable bonds is 2. The summed E-state index contributed by atoms with van der Waals surface area (Å²) in [5, 5.41) is 0. The largest absolute Gasteiger partial charge is 0.319 e. The van der Waals surface area contributed by atoms with Crippen molar-refractivity contribution in [2.45, 2.75) is 19.9 Å². The predicted molar refractivity (Wildman–Crippen MR) is 73.8 cm³/mol. The quantitative estimate of drug-likeness (QED) is 0.919. The van der Waals surface area contributed by atoms with Crippen LogP contribution in [0.4, 0.5) is 4.39 Å². The molecule has 2 nitrogen and oxygen atoms in total. The first-order valence-corrected chi connectivity index (χ1v) is 6.42. The highest BCUT2D eigenvalue weighted by molar-refractivity contribution is 9.10. The summed E-state index contributed by atoms with van der Waals surface area (Å²) in [4.78, 5) is 4.32. The zero-order chi connectivity index (χ0) is 13.3. The molecule has 0 aliphatic heterocycles. The topological polar surface area (TPSA) is 38.9 Å². The molecule has 2 rings (SSSR count). The molecule has 0 amide bonds. The van der Waals surface area contributed by atoms with Gasteiger partial charge in [0.2, 0.25) is 0 Å². The molecule has 0 spiro atoms. The van der Waals surface area contributed by atoms with Crippen LogP contribution in [-0.4, -0.2) is 4.98 Å². The van der Waals surface area contributed by atoms with Gasteiger partial charge >= 0.3 is 0 Å². The third-order valence-corrected chi connectivity index (χ3v) is 3.48. The second-order valence-corrected chi connectivity index (χ2v) is 5.19. The zero-order valence-electron chi connectivity index (χ0n) is 10.2. The van der Waals surface area contributed by atoms with Crippen LogP contribution in [0.15, 0.2) is 34.9 Å². The molecule has 0 radical (unpaired) electrons. The van der Waals surface area contributed by atoms with Crippen LogP contribution < -0.4 is 5.73 Å². The van der Waals surface area contributed by atoms with Gasteiger partial charge in [-0.05, 0) is 47.0 Å². The van der Waals surface area contributed by atoms with E-state index in [1.165, 1.54) is 0 Å². The summed E-state index contributed by atoms with van der Waals surface area (Å²) in [5.41, 5.74) is 9.31. The highest BCUT2D eigenvalue weighted by Crippen LogP contribution is 2.27. The van der Waals surface area contributed by atoms with Gasteiger partial charge in [0.1, 0.15) is 5.82 Å². The van der Waals surface area contributed by atoms with Crippen molar-refractivity contribution in [3.63, 3.8) is 0 Å². The SMILES string of the molecule is Cc1cnc(C(N)c2cccc(Br)c2F)c(C)c1. The molecule has 1 atom stereocenters. The molecule has 0 saturated carbocycles. The predicted octanol–water partition coefficient (Wildman–Crippen LogP) is 3.65. The van der Waals surface area contributed by atoms with E-state index in [2.05, 4.69) is 20.9 Å². The van der Waals surface area contributed by atoms with Gasteiger partial charge in [0, 0.05) is 11.8 Å². The first kappa shape index (κ1) is 13.2. The summed E-state index contributed by atoms with van der Waals surface area (Å²) in [6.07, 6.45) is 1.75. The van der Waals surface area contributed by atoms with Gasteiger partial charge in [-0.3, -0.25) is 4.98 Å². The molecule has 0 saturated heterocycles. The average molecular weight is 309 g/mol. The van der Waals surface area contributed by atoms with E-state index in [1.54, 1.807) is 24.4 Å². The van der Waals surface area contributed by atoms with Crippen molar-refractivity contribution >= 4 is 15.9 Å². The van der Waals surface area contributed by atoms with Crippen LogP contribution in [0.3, 0.4) is 0 Å². The van der Waals surface area contributed by atoms with Gasteiger partial charge in [0.05, 0.1) is 16.2 Å². The molecule has 94 valence electrons. The maximum atomic E-state index is 14.0. The Morgan fingerprint density at radius 1 is 1.33 bits per heavy atom. The van der Waals surface area contributed by atoms with Gasteiger partial charge in [-0.1, -0.05) is 18.2 Å². The van der Waals surface area contributed by atoms with Gasteiger partial charge < -0.3 is 5.73 Å². The first-order valence-electron chi connectivity index (χ1n) is 5.63. The number of aromatic nitrogens is 1. The summed E-state index contributed by atoms with van der Waals surface area (Å²) in [6.45, 7) is 3.90. The number of benzene rings is 1. The van der Waals surface area contributed by atoms with Crippen molar-refractivity contribution < 1.29 is 4.39 Å². The van der Waals surface area contributed by atoms with Crippen LogP contribution >= 0.6 is 15.9 Å². The molecule has 18 heavy (non-hydrogen) atoms. The lowest BCUT2D eigenvalue weighted by atomic mass is 9.99. The normalized spacial score (nSPS) is 12.5.